The summed E-state index contributed by atoms with van der Waals surface area (Å²) < 4.78 is 10.3. The second kappa shape index (κ2) is 12.9. The number of hydrogen-bond donors (Lipinski definition) is 1. The Kier molecular flexibility index (Phi) is 10.9. The third kappa shape index (κ3) is 10.1. The highest BCUT2D eigenvalue weighted by atomic mass is 16.5. The lowest BCUT2D eigenvalue weighted by atomic mass is 10.0. The van der Waals surface area contributed by atoms with Gasteiger partial charge in [0.05, 0.1) is 13.0 Å². The molecular formula is C22H33NO5. The Morgan fingerprint density at radius 3 is 2.29 bits per heavy atom. The van der Waals surface area contributed by atoms with Gasteiger partial charge in [-0.3, -0.25) is 14.4 Å². The zero-order valence-electron chi connectivity index (χ0n) is 17.5. The van der Waals surface area contributed by atoms with Crippen molar-refractivity contribution in [2.24, 2.45) is 5.92 Å². The summed E-state index contributed by atoms with van der Waals surface area (Å²) in [5.41, 5.74) is 0.518. The fourth-order valence-electron chi connectivity index (χ4n) is 2.70. The number of esters is 1. The van der Waals surface area contributed by atoms with E-state index in [1.807, 2.05) is 13.8 Å². The number of ketones is 1. The molecule has 1 atom stereocenters. The SMILES string of the molecule is CCOc1ccc(C(=O)CCC(=O)OCC(=O)NC(C)CCCC(C)C)cc1. The Bertz CT molecular complexity index is 624. The second-order valence-corrected chi connectivity index (χ2v) is 7.33. The molecule has 6 nitrogen and oxygen atoms in total. The van der Waals surface area contributed by atoms with Crippen LogP contribution < -0.4 is 10.1 Å². The van der Waals surface area contributed by atoms with Crippen LogP contribution in [0.25, 0.3) is 0 Å². The number of benzene rings is 1. The Balaban J connectivity index is 2.25. The number of ether oxygens (including phenoxy) is 2. The van der Waals surface area contributed by atoms with Crippen LogP contribution in [0.3, 0.4) is 0 Å². The molecule has 156 valence electrons. The van der Waals surface area contributed by atoms with E-state index in [4.69, 9.17) is 9.47 Å². The fourth-order valence-corrected chi connectivity index (χ4v) is 2.70. The largest absolute Gasteiger partial charge is 0.494 e. The summed E-state index contributed by atoms with van der Waals surface area (Å²) in [4.78, 5) is 35.7. The van der Waals surface area contributed by atoms with Crippen molar-refractivity contribution in [2.45, 2.75) is 65.8 Å². The van der Waals surface area contributed by atoms with Crippen molar-refractivity contribution in [1.82, 2.24) is 5.32 Å². The topological polar surface area (TPSA) is 81.7 Å². The van der Waals surface area contributed by atoms with Gasteiger partial charge in [0, 0.05) is 18.0 Å². The first-order valence-corrected chi connectivity index (χ1v) is 10.0. The zero-order valence-corrected chi connectivity index (χ0v) is 17.5. The number of rotatable bonds is 13. The zero-order chi connectivity index (χ0) is 20.9. The maximum absolute atomic E-state index is 12.1. The van der Waals surface area contributed by atoms with Gasteiger partial charge in [-0.05, 0) is 50.5 Å². The molecule has 0 bridgehead atoms. The van der Waals surface area contributed by atoms with Crippen LogP contribution in [0.5, 0.6) is 5.75 Å². The van der Waals surface area contributed by atoms with Crippen LogP contribution in [-0.2, 0) is 14.3 Å². The summed E-state index contributed by atoms with van der Waals surface area (Å²) >= 11 is 0. The summed E-state index contributed by atoms with van der Waals surface area (Å²) in [5, 5.41) is 2.82. The molecule has 1 amide bonds. The van der Waals surface area contributed by atoms with E-state index in [-0.39, 0.29) is 37.2 Å². The molecule has 1 aromatic carbocycles. The number of Topliss-reactive ketones (excluding diaryl/α,β-unsaturated/α-hetero) is 1. The summed E-state index contributed by atoms with van der Waals surface area (Å²) in [5.74, 6) is 0.324. The van der Waals surface area contributed by atoms with E-state index in [0.29, 0.717) is 23.8 Å². The van der Waals surface area contributed by atoms with E-state index >= 15 is 0 Å². The van der Waals surface area contributed by atoms with Crippen LogP contribution in [0.15, 0.2) is 24.3 Å². The van der Waals surface area contributed by atoms with Gasteiger partial charge in [-0.25, -0.2) is 0 Å². The lowest BCUT2D eigenvalue weighted by Gasteiger charge is -2.14. The molecule has 0 radical (unpaired) electrons. The van der Waals surface area contributed by atoms with Gasteiger partial charge in [-0.15, -0.1) is 0 Å². The molecule has 0 aliphatic heterocycles. The average Bonchev–Trinajstić information content (AvgIpc) is 2.65. The van der Waals surface area contributed by atoms with Crippen LogP contribution in [-0.4, -0.2) is 36.9 Å². The maximum Gasteiger partial charge on any atom is 0.306 e. The minimum Gasteiger partial charge on any atom is -0.494 e. The van der Waals surface area contributed by atoms with Crippen molar-refractivity contribution in [2.75, 3.05) is 13.2 Å². The highest BCUT2D eigenvalue weighted by molar-refractivity contribution is 5.97. The first-order chi connectivity index (χ1) is 13.3. The van der Waals surface area contributed by atoms with Crippen molar-refractivity contribution in [3.8, 4) is 5.75 Å². The van der Waals surface area contributed by atoms with Gasteiger partial charge >= 0.3 is 5.97 Å². The van der Waals surface area contributed by atoms with E-state index in [9.17, 15) is 14.4 Å². The normalized spacial score (nSPS) is 11.8. The third-order valence-corrected chi connectivity index (χ3v) is 4.23. The predicted octanol–water partition coefficient (Wildman–Crippen LogP) is 3.92. The molecule has 0 saturated carbocycles. The summed E-state index contributed by atoms with van der Waals surface area (Å²) in [6.45, 7) is 8.41. The van der Waals surface area contributed by atoms with Gasteiger partial charge in [0.25, 0.3) is 5.91 Å². The van der Waals surface area contributed by atoms with E-state index < -0.39 is 5.97 Å². The van der Waals surface area contributed by atoms with E-state index in [1.165, 1.54) is 0 Å². The van der Waals surface area contributed by atoms with Gasteiger partial charge in [0.1, 0.15) is 5.75 Å². The van der Waals surface area contributed by atoms with E-state index in [2.05, 4.69) is 19.2 Å². The Morgan fingerprint density at radius 1 is 1.00 bits per heavy atom. The third-order valence-electron chi connectivity index (χ3n) is 4.23. The van der Waals surface area contributed by atoms with Gasteiger partial charge < -0.3 is 14.8 Å². The highest BCUT2D eigenvalue weighted by Gasteiger charge is 2.13. The Hall–Kier alpha value is -2.37. The molecule has 0 aromatic heterocycles. The van der Waals surface area contributed by atoms with Gasteiger partial charge in [0.15, 0.2) is 12.4 Å². The molecule has 1 aromatic rings. The minimum absolute atomic E-state index is 0.0417. The van der Waals surface area contributed by atoms with Crippen LogP contribution in [0.4, 0.5) is 0 Å². The molecule has 28 heavy (non-hydrogen) atoms. The molecule has 6 heteroatoms. The van der Waals surface area contributed by atoms with Crippen molar-refractivity contribution >= 4 is 17.7 Å². The monoisotopic (exact) mass is 391 g/mol. The van der Waals surface area contributed by atoms with E-state index in [0.717, 1.165) is 19.3 Å². The summed E-state index contributed by atoms with van der Waals surface area (Å²) in [7, 11) is 0. The summed E-state index contributed by atoms with van der Waals surface area (Å²) in [6, 6.07) is 6.84. The predicted molar refractivity (Wildman–Crippen MR) is 108 cm³/mol. The smallest absolute Gasteiger partial charge is 0.306 e. The van der Waals surface area contributed by atoms with Crippen molar-refractivity contribution in [3.05, 3.63) is 29.8 Å². The van der Waals surface area contributed by atoms with Crippen LogP contribution in [0, 0.1) is 5.92 Å². The summed E-state index contributed by atoms with van der Waals surface area (Å²) in [6.07, 6.45) is 3.06. The average molecular weight is 392 g/mol. The molecule has 0 fully saturated rings. The number of hydrogen-bond acceptors (Lipinski definition) is 5. The first-order valence-electron chi connectivity index (χ1n) is 10.0. The van der Waals surface area contributed by atoms with Gasteiger partial charge in [0.2, 0.25) is 0 Å². The molecule has 0 aliphatic carbocycles. The second-order valence-electron chi connectivity index (χ2n) is 7.33. The Morgan fingerprint density at radius 2 is 1.68 bits per heavy atom. The van der Waals surface area contributed by atoms with Crippen LogP contribution in [0.2, 0.25) is 0 Å². The highest BCUT2D eigenvalue weighted by Crippen LogP contribution is 2.14. The van der Waals surface area contributed by atoms with Crippen LogP contribution in [0.1, 0.15) is 70.2 Å². The van der Waals surface area contributed by atoms with Gasteiger partial charge in [-0.2, -0.15) is 0 Å². The Labute approximate surface area is 168 Å². The van der Waals surface area contributed by atoms with Crippen molar-refractivity contribution in [3.63, 3.8) is 0 Å². The molecule has 1 unspecified atom stereocenters. The lowest BCUT2D eigenvalue weighted by molar-refractivity contribution is -0.148. The van der Waals surface area contributed by atoms with Gasteiger partial charge in [-0.1, -0.05) is 26.7 Å². The quantitative estimate of drug-likeness (QED) is 0.407. The molecule has 0 spiro atoms. The maximum atomic E-state index is 12.1. The fraction of sp³-hybridized carbons (Fsp3) is 0.591. The number of amides is 1. The molecule has 0 saturated heterocycles. The van der Waals surface area contributed by atoms with E-state index in [1.54, 1.807) is 24.3 Å². The molecule has 0 heterocycles. The van der Waals surface area contributed by atoms with Crippen molar-refractivity contribution in [1.29, 1.82) is 0 Å². The standard InChI is InChI=1S/C22H33NO5/c1-5-27-19-11-9-18(10-12-19)20(24)13-14-22(26)28-15-21(25)23-17(4)8-6-7-16(2)3/h9-12,16-17H,5-8,13-15H2,1-4H3,(H,23,25). The molecule has 1 rings (SSSR count). The number of nitrogens with one attached hydrogen (secondary N) is 1. The first kappa shape index (κ1) is 23.7. The number of carbonyl (C=O) groups is 3. The minimum atomic E-state index is -0.554. The molecule has 1 N–H and O–H groups in total. The molecule has 0 aliphatic rings. The van der Waals surface area contributed by atoms with Crippen molar-refractivity contribution < 1.29 is 23.9 Å². The van der Waals surface area contributed by atoms with Crippen LogP contribution >= 0.6 is 0 Å². The number of carbonyl (C=O) groups excluding carboxylic acids is 3. The molecular weight excluding hydrogens is 358 g/mol. The lowest BCUT2D eigenvalue weighted by Crippen LogP contribution is -2.35.